The molecule has 1 nitrogen and oxygen atoms in total. The van der Waals surface area contributed by atoms with Gasteiger partial charge in [-0.3, -0.25) is 0 Å². The van der Waals surface area contributed by atoms with Crippen molar-refractivity contribution in [1.29, 1.82) is 0 Å². The number of allylic oxidation sites excluding steroid dienone is 4. The maximum atomic E-state index is 10.2. The quantitative estimate of drug-likeness (QED) is 0.714. The summed E-state index contributed by atoms with van der Waals surface area (Å²) in [5.74, 6) is 1.09. The lowest BCUT2D eigenvalue weighted by Crippen LogP contribution is -2.41. The molecule has 0 saturated heterocycles. The van der Waals surface area contributed by atoms with Gasteiger partial charge >= 0.3 is 0 Å². The van der Waals surface area contributed by atoms with Crippen molar-refractivity contribution in [3.8, 4) is 0 Å². The van der Waals surface area contributed by atoms with Gasteiger partial charge in [0, 0.05) is 0 Å². The highest BCUT2D eigenvalue weighted by atomic mass is 16.3. The molecule has 1 N–H and O–H groups in total. The van der Waals surface area contributed by atoms with Crippen LogP contribution in [0.3, 0.4) is 0 Å². The van der Waals surface area contributed by atoms with Crippen molar-refractivity contribution in [2.45, 2.75) is 52.6 Å². The lowest BCUT2D eigenvalue weighted by atomic mass is 9.59. The number of aliphatic hydroxyl groups is 1. The monoisotopic (exact) mass is 220 g/mol. The fourth-order valence-electron chi connectivity index (χ4n) is 3.16. The van der Waals surface area contributed by atoms with Crippen molar-refractivity contribution in [2.75, 3.05) is 0 Å². The summed E-state index contributed by atoms with van der Waals surface area (Å²) >= 11 is 0. The van der Waals surface area contributed by atoms with E-state index in [-0.39, 0.29) is 5.41 Å². The maximum absolute atomic E-state index is 10.2. The highest BCUT2D eigenvalue weighted by Crippen LogP contribution is 2.51. The van der Waals surface area contributed by atoms with E-state index in [1.54, 1.807) is 0 Å². The SMILES string of the molecule is C[C@@H]1CC=CC2=CC[C@H](C(C)(C)O)C[C@]21C. The summed E-state index contributed by atoms with van der Waals surface area (Å²) in [6.45, 7) is 8.60. The molecule has 16 heavy (non-hydrogen) atoms. The van der Waals surface area contributed by atoms with Crippen LogP contribution < -0.4 is 0 Å². The molecule has 0 saturated carbocycles. The molecule has 0 radical (unpaired) electrons. The van der Waals surface area contributed by atoms with Crippen LogP contribution in [0.2, 0.25) is 0 Å². The average molecular weight is 220 g/mol. The van der Waals surface area contributed by atoms with E-state index >= 15 is 0 Å². The molecule has 1 heteroatoms. The van der Waals surface area contributed by atoms with Crippen LogP contribution in [0, 0.1) is 17.3 Å². The zero-order valence-corrected chi connectivity index (χ0v) is 11.0. The molecule has 0 aromatic carbocycles. The van der Waals surface area contributed by atoms with Crippen LogP contribution >= 0.6 is 0 Å². The first-order valence-corrected chi connectivity index (χ1v) is 6.43. The molecule has 0 spiro atoms. The van der Waals surface area contributed by atoms with E-state index in [1.165, 1.54) is 12.0 Å². The molecule has 0 aliphatic heterocycles. The van der Waals surface area contributed by atoms with Crippen molar-refractivity contribution < 1.29 is 5.11 Å². The Hall–Kier alpha value is -0.560. The number of rotatable bonds is 1. The maximum Gasteiger partial charge on any atom is 0.0623 e. The van der Waals surface area contributed by atoms with E-state index in [1.807, 2.05) is 13.8 Å². The van der Waals surface area contributed by atoms with Crippen molar-refractivity contribution in [2.24, 2.45) is 17.3 Å². The van der Waals surface area contributed by atoms with Gasteiger partial charge in [-0.05, 0) is 55.9 Å². The minimum absolute atomic E-state index is 0.275. The Morgan fingerprint density at radius 1 is 1.38 bits per heavy atom. The number of hydrogen-bond acceptors (Lipinski definition) is 1. The van der Waals surface area contributed by atoms with Gasteiger partial charge in [-0.25, -0.2) is 0 Å². The molecule has 0 amide bonds. The van der Waals surface area contributed by atoms with Crippen LogP contribution in [0.5, 0.6) is 0 Å². The molecule has 0 bridgehead atoms. The minimum atomic E-state index is -0.550. The molecule has 0 aromatic heterocycles. The smallest absolute Gasteiger partial charge is 0.0623 e. The second-order valence-corrected chi connectivity index (χ2v) is 6.41. The normalized spacial score (nSPS) is 39.2. The fourth-order valence-corrected chi connectivity index (χ4v) is 3.16. The summed E-state index contributed by atoms with van der Waals surface area (Å²) in [5, 5.41) is 10.2. The first kappa shape index (κ1) is 11.9. The third kappa shape index (κ3) is 1.86. The molecule has 2 aliphatic rings. The van der Waals surface area contributed by atoms with Crippen LogP contribution in [-0.2, 0) is 0 Å². The molecular weight excluding hydrogens is 196 g/mol. The van der Waals surface area contributed by atoms with Crippen LogP contribution in [-0.4, -0.2) is 10.7 Å². The van der Waals surface area contributed by atoms with Crippen molar-refractivity contribution in [1.82, 2.24) is 0 Å². The van der Waals surface area contributed by atoms with Crippen molar-refractivity contribution in [3.63, 3.8) is 0 Å². The summed E-state index contributed by atoms with van der Waals surface area (Å²) < 4.78 is 0. The fraction of sp³-hybridized carbons (Fsp3) is 0.733. The highest BCUT2D eigenvalue weighted by Gasteiger charge is 2.43. The minimum Gasteiger partial charge on any atom is -0.390 e. The second kappa shape index (κ2) is 3.73. The first-order chi connectivity index (χ1) is 7.34. The zero-order chi connectivity index (χ0) is 12.0. The molecule has 90 valence electrons. The largest absolute Gasteiger partial charge is 0.390 e. The third-order valence-electron chi connectivity index (χ3n) is 4.83. The van der Waals surface area contributed by atoms with E-state index in [2.05, 4.69) is 32.1 Å². The topological polar surface area (TPSA) is 20.2 Å². The zero-order valence-electron chi connectivity index (χ0n) is 11.0. The van der Waals surface area contributed by atoms with Crippen LogP contribution in [0.15, 0.2) is 23.8 Å². The van der Waals surface area contributed by atoms with Crippen molar-refractivity contribution >= 4 is 0 Å². The Morgan fingerprint density at radius 3 is 2.69 bits per heavy atom. The first-order valence-electron chi connectivity index (χ1n) is 6.43. The van der Waals surface area contributed by atoms with E-state index in [0.29, 0.717) is 11.8 Å². The molecule has 0 aromatic rings. The van der Waals surface area contributed by atoms with Crippen LogP contribution in [0.1, 0.15) is 47.0 Å². The predicted octanol–water partition coefficient (Wildman–Crippen LogP) is 3.70. The molecule has 0 unspecified atom stereocenters. The third-order valence-corrected chi connectivity index (χ3v) is 4.83. The number of fused-ring (bicyclic) bond motifs is 1. The van der Waals surface area contributed by atoms with E-state index < -0.39 is 5.60 Å². The van der Waals surface area contributed by atoms with Gasteiger partial charge in [-0.2, -0.15) is 0 Å². The summed E-state index contributed by atoms with van der Waals surface area (Å²) in [6, 6.07) is 0. The summed E-state index contributed by atoms with van der Waals surface area (Å²) in [6.07, 6.45) is 10.2. The van der Waals surface area contributed by atoms with E-state index in [4.69, 9.17) is 0 Å². The van der Waals surface area contributed by atoms with Gasteiger partial charge in [0.15, 0.2) is 0 Å². The Bertz CT molecular complexity index is 332. The molecular formula is C15H24O. The lowest BCUT2D eigenvalue weighted by Gasteiger charge is -2.47. The molecule has 2 rings (SSSR count). The van der Waals surface area contributed by atoms with Gasteiger partial charge in [0.1, 0.15) is 0 Å². The van der Waals surface area contributed by atoms with E-state index in [0.717, 1.165) is 12.8 Å². The van der Waals surface area contributed by atoms with Crippen LogP contribution in [0.4, 0.5) is 0 Å². The summed E-state index contributed by atoms with van der Waals surface area (Å²) in [7, 11) is 0. The van der Waals surface area contributed by atoms with Gasteiger partial charge in [0.25, 0.3) is 0 Å². The summed E-state index contributed by atoms with van der Waals surface area (Å²) in [4.78, 5) is 0. The van der Waals surface area contributed by atoms with Gasteiger partial charge < -0.3 is 5.11 Å². The predicted molar refractivity (Wildman–Crippen MR) is 68.1 cm³/mol. The summed E-state index contributed by atoms with van der Waals surface area (Å²) in [5.41, 5.74) is 1.22. The number of hydrogen-bond donors (Lipinski definition) is 1. The molecule has 3 atom stereocenters. The van der Waals surface area contributed by atoms with Gasteiger partial charge in [-0.15, -0.1) is 0 Å². The Labute approximate surface area is 99.3 Å². The van der Waals surface area contributed by atoms with Crippen LogP contribution in [0.25, 0.3) is 0 Å². The molecule has 0 fully saturated rings. The second-order valence-electron chi connectivity index (χ2n) is 6.41. The van der Waals surface area contributed by atoms with Gasteiger partial charge in [0.05, 0.1) is 5.60 Å². The van der Waals surface area contributed by atoms with Crippen molar-refractivity contribution in [3.05, 3.63) is 23.8 Å². The molecule has 0 heterocycles. The Morgan fingerprint density at radius 2 is 2.06 bits per heavy atom. The van der Waals surface area contributed by atoms with Gasteiger partial charge in [-0.1, -0.05) is 32.1 Å². The Balaban J connectivity index is 2.30. The van der Waals surface area contributed by atoms with E-state index in [9.17, 15) is 5.11 Å². The Kier molecular flexibility index (Phi) is 2.78. The molecule has 2 aliphatic carbocycles. The van der Waals surface area contributed by atoms with Gasteiger partial charge in [0.2, 0.25) is 0 Å². The standard InChI is InChI=1S/C15H24O/c1-11-6-5-7-12-8-9-13(14(2,3)16)10-15(11,12)4/h5,7-8,11,13,16H,6,9-10H2,1-4H3/t11-,13+,15+/m1/s1. The highest BCUT2D eigenvalue weighted by molar-refractivity contribution is 5.33. The average Bonchev–Trinajstić information content (AvgIpc) is 2.17. The lowest BCUT2D eigenvalue weighted by molar-refractivity contribution is -0.0108.